The molecular weight excluding hydrogens is 226 g/mol. The number of para-hydroxylation sites is 2. The number of carbonyl (C=O) groups excluding carboxylic acids is 1. The van der Waals surface area contributed by atoms with Crippen LogP contribution in [0.15, 0.2) is 24.3 Å². The lowest BCUT2D eigenvalue weighted by Crippen LogP contribution is -2.17. The third kappa shape index (κ3) is 2.53. The van der Waals surface area contributed by atoms with Crippen LogP contribution in [0.25, 0.3) is 11.0 Å². The SMILES string of the molecule is CCC(C)Cn1c(CNC=O)nc2ccccc21. The minimum absolute atomic E-state index is 0.481. The van der Waals surface area contributed by atoms with Crippen molar-refractivity contribution in [1.82, 2.24) is 14.9 Å². The molecule has 0 saturated carbocycles. The fraction of sp³-hybridized carbons (Fsp3) is 0.429. The van der Waals surface area contributed by atoms with Crippen molar-refractivity contribution in [3.63, 3.8) is 0 Å². The van der Waals surface area contributed by atoms with E-state index in [-0.39, 0.29) is 0 Å². The second-order valence-electron chi connectivity index (χ2n) is 4.64. The molecule has 0 fully saturated rings. The van der Waals surface area contributed by atoms with E-state index in [4.69, 9.17) is 0 Å². The summed E-state index contributed by atoms with van der Waals surface area (Å²) < 4.78 is 2.21. The van der Waals surface area contributed by atoms with Crippen molar-refractivity contribution in [1.29, 1.82) is 0 Å². The van der Waals surface area contributed by atoms with Crippen LogP contribution in [0.3, 0.4) is 0 Å². The van der Waals surface area contributed by atoms with Crippen LogP contribution in [-0.4, -0.2) is 16.0 Å². The average Bonchev–Trinajstić information content (AvgIpc) is 2.74. The van der Waals surface area contributed by atoms with Gasteiger partial charge in [0.25, 0.3) is 0 Å². The summed E-state index contributed by atoms with van der Waals surface area (Å²) in [7, 11) is 0. The van der Waals surface area contributed by atoms with E-state index in [9.17, 15) is 4.79 Å². The molecule has 1 amide bonds. The summed E-state index contributed by atoms with van der Waals surface area (Å²) in [6, 6.07) is 8.09. The molecule has 4 heteroatoms. The quantitative estimate of drug-likeness (QED) is 0.794. The molecule has 0 radical (unpaired) electrons. The fourth-order valence-electron chi connectivity index (χ4n) is 2.04. The highest BCUT2D eigenvalue weighted by Crippen LogP contribution is 2.18. The molecule has 2 rings (SSSR count). The van der Waals surface area contributed by atoms with Crippen molar-refractivity contribution in [2.75, 3.05) is 0 Å². The third-order valence-corrected chi connectivity index (χ3v) is 3.27. The Balaban J connectivity index is 2.40. The molecule has 1 aromatic heterocycles. The lowest BCUT2D eigenvalue weighted by molar-refractivity contribution is -0.109. The van der Waals surface area contributed by atoms with Crippen molar-refractivity contribution >= 4 is 17.4 Å². The van der Waals surface area contributed by atoms with E-state index in [1.54, 1.807) is 0 Å². The highest BCUT2D eigenvalue weighted by Gasteiger charge is 2.11. The second-order valence-corrected chi connectivity index (χ2v) is 4.64. The zero-order chi connectivity index (χ0) is 13.0. The minimum atomic E-state index is 0.481. The predicted molar refractivity (Wildman–Crippen MR) is 72.1 cm³/mol. The summed E-state index contributed by atoms with van der Waals surface area (Å²) in [6.45, 7) is 5.83. The molecule has 2 aromatic rings. The van der Waals surface area contributed by atoms with Gasteiger partial charge < -0.3 is 9.88 Å². The molecule has 1 heterocycles. The summed E-state index contributed by atoms with van der Waals surface area (Å²) in [6.07, 6.45) is 1.85. The van der Waals surface area contributed by atoms with Gasteiger partial charge in [0, 0.05) is 6.54 Å². The molecule has 4 nitrogen and oxygen atoms in total. The van der Waals surface area contributed by atoms with Gasteiger partial charge in [-0.3, -0.25) is 4.79 Å². The number of rotatable bonds is 6. The molecule has 0 bridgehead atoms. The van der Waals surface area contributed by atoms with Crippen LogP contribution in [0.1, 0.15) is 26.1 Å². The number of amides is 1. The van der Waals surface area contributed by atoms with Crippen LogP contribution in [0.4, 0.5) is 0 Å². The Hall–Kier alpha value is -1.84. The second kappa shape index (κ2) is 5.67. The summed E-state index contributed by atoms with van der Waals surface area (Å²) in [4.78, 5) is 15.0. The Labute approximate surface area is 107 Å². The number of carbonyl (C=O) groups is 1. The van der Waals surface area contributed by atoms with E-state index < -0.39 is 0 Å². The first-order chi connectivity index (χ1) is 8.76. The van der Waals surface area contributed by atoms with Gasteiger partial charge in [-0.2, -0.15) is 0 Å². The number of fused-ring (bicyclic) bond motifs is 1. The zero-order valence-electron chi connectivity index (χ0n) is 10.9. The number of nitrogens with zero attached hydrogens (tertiary/aromatic N) is 2. The van der Waals surface area contributed by atoms with E-state index in [1.807, 2.05) is 18.2 Å². The standard InChI is InChI=1S/C14H19N3O/c1-3-11(2)9-17-13-7-5-4-6-12(13)16-14(17)8-15-10-18/h4-7,10-11H,3,8-9H2,1-2H3,(H,15,18). The summed E-state index contributed by atoms with van der Waals surface area (Å²) in [5.41, 5.74) is 2.13. The maximum absolute atomic E-state index is 10.4. The van der Waals surface area contributed by atoms with Crippen LogP contribution in [0.5, 0.6) is 0 Å². The van der Waals surface area contributed by atoms with Gasteiger partial charge in [0.2, 0.25) is 6.41 Å². The predicted octanol–water partition coefficient (Wildman–Crippen LogP) is 2.33. The van der Waals surface area contributed by atoms with Gasteiger partial charge in [-0.25, -0.2) is 4.98 Å². The molecule has 1 N–H and O–H groups in total. The smallest absolute Gasteiger partial charge is 0.207 e. The van der Waals surface area contributed by atoms with Crippen molar-refractivity contribution in [3.8, 4) is 0 Å². The number of aromatic nitrogens is 2. The fourth-order valence-corrected chi connectivity index (χ4v) is 2.04. The van der Waals surface area contributed by atoms with Gasteiger partial charge in [-0.1, -0.05) is 32.4 Å². The van der Waals surface area contributed by atoms with Gasteiger partial charge in [-0.05, 0) is 18.1 Å². The largest absolute Gasteiger partial charge is 0.351 e. The van der Waals surface area contributed by atoms with Crippen LogP contribution >= 0.6 is 0 Å². The zero-order valence-corrected chi connectivity index (χ0v) is 10.9. The van der Waals surface area contributed by atoms with E-state index >= 15 is 0 Å². The Kier molecular flexibility index (Phi) is 3.97. The van der Waals surface area contributed by atoms with Gasteiger partial charge in [0.05, 0.1) is 17.6 Å². The van der Waals surface area contributed by atoms with Gasteiger partial charge in [0.1, 0.15) is 5.82 Å². The topological polar surface area (TPSA) is 46.9 Å². The highest BCUT2D eigenvalue weighted by molar-refractivity contribution is 5.75. The van der Waals surface area contributed by atoms with Crippen molar-refractivity contribution in [2.45, 2.75) is 33.4 Å². The third-order valence-electron chi connectivity index (χ3n) is 3.27. The number of hydrogen-bond acceptors (Lipinski definition) is 2. The lowest BCUT2D eigenvalue weighted by atomic mass is 10.1. The van der Waals surface area contributed by atoms with Gasteiger partial charge >= 0.3 is 0 Å². The average molecular weight is 245 g/mol. The van der Waals surface area contributed by atoms with Crippen molar-refractivity contribution in [3.05, 3.63) is 30.1 Å². The Bertz CT molecular complexity index is 533. The lowest BCUT2D eigenvalue weighted by Gasteiger charge is -2.13. The molecule has 0 aliphatic carbocycles. The Morgan fingerprint density at radius 1 is 1.44 bits per heavy atom. The number of benzene rings is 1. The molecule has 0 saturated heterocycles. The van der Waals surface area contributed by atoms with Crippen molar-refractivity contribution < 1.29 is 4.79 Å². The van der Waals surface area contributed by atoms with Crippen LogP contribution in [0, 0.1) is 5.92 Å². The van der Waals surface area contributed by atoms with E-state index in [0.29, 0.717) is 18.9 Å². The molecule has 0 aliphatic heterocycles. The van der Waals surface area contributed by atoms with Crippen LogP contribution in [-0.2, 0) is 17.9 Å². The molecular formula is C14H19N3O. The maximum Gasteiger partial charge on any atom is 0.207 e. The van der Waals surface area contributed by atoms with E-state index in [1.165, 1.54) is 0 Å². The minimum Gasteiger partial charge on any atom is -0.351 e. The molecule has 1 atom stereocenters. The molecule has 0 spiro atoms. The first-order valence-electron chi connectivity index (χ1n) is 6.37. The van der Waals surface area contributed by atoms with Gasteiger partial charge in [0.15, 0.2) is 0 Å². The van der Waals surface area contributed by atoms with Crippen LogP contribution in [0.2, 0.25) is 0 Å². The van der Waals surface area contributed by atoms with E-state index in [0.717, 1.165) is 29.8 Å². The molecule has 1 aromatic carbocycles. The molecule has 96 valence electrons. The molecule has 1 unspecified atom stereocenters. The number of nitrogens with one attached hydrogen (secondary N) is 1. The normalized spacial score (nSPS) is 12.6. The van der Waals surface area contributed by atoms with E-state index in [2.05, 4.69) is 34.8 Å². The molecule has 18 heavy (non-hydrogen) atoms. The maximum atomic E-state index is 10.4. The highest BCUT2D eigenvalue weighted by atomic mass is 16.1. The summed E-state index contributed by atoms with van der Waals surface area (Å²) in [5.74, 6) is 1.51. The Morgan fingerprint density at radius 3 is 2.94 bits per heavy atom. The molecule has 0 aliphatic rings. The first kappa shape index (κ1) is 12.6. The first-order valence-corrected chi connectivity index (χ1v) is 6.37. The summed E-state index contributed by atoms with van der Waals surface area (Å²) in [5, 5.41) is 2.69. The Morgan fingerprint density at radius 2 is 2.22 bits per heavy atom. The number of imidazole rings is 1. The monoisotopic (exact) mass is 245 g/mol. The van der Waals surface area contributed by atoms with Gasteiger partial charge in [-0.15, -0.1) is 0 Å². The number of hydrogen-bond donors (Lipinski definition) is 1. The van der Waals surface area contributed by atoms with Crippen LogP contribution < -0.4 is 5.32 Å². The van der Waals surface area contributed by atoms with Crippen molar-refractivity contribution in [2.24, 2.45) is 5.92 Å². The summed E-state index contributed by atoms with van der Waals surface area (Å²) >= 11 is 0.